The molecule has 3 rings (SSSR count). The molecule has 30 heavy (non-hydrogen) atoms. The molecule has 2 aromatic carbocycles. The van der Waals surface area contributed by atoms with E-state index in [1.54, 1.807) is 6.92 Å². The molecular weight excluding hydrogens is 378 g/mol. The summed E-state index contributed by atoms with van der Waals surface area (Å²) in [6.07, 6.45) is 2.10. The molecule has 2 aromatic rings. The van der Waals surface area contributed by atoms with E-state index in [0.717, 1.165) is 24.1 Å². The molecule has 160 valence electrons. The Kier molecular flexibility index (Phi) is 7.46. The maximum Gasteiger partial charge on any atom is 0.251 e. The fourth-order valence-corrected chi connectivity index (χ4v) is 3.86. The Hall–Kier alpha value is -2.86. The molecule has 0 radical (unpaired) electrons. The lowest BCUT2D eigenvalue weighted by Gasteiger charge is -2.36. The summed E-state index contributed by atoms with van der Waals surface area (Å²) in [5.74, 6) is -0.117. The fourth-order valence-electron chi connectivity index (χ4n) is 3.86. The quantitative estimate of drug-likeness (QED) is 0.736. The van der Waals surface area contributed by atoms with Gasteiger partial charge in [-0.3, -0.25) is 9.59 Å². The van der Waals surface area contributed by atoms with E-state index in [2.05, 4.69) is 22.8 Å². The first-order valence-electron chi connectivity index (χ1n) is 10.5. The molecule has 1 fully saturated rings. The molecular formula is C24H31N3O3. The van der Waals surface area contributed by atoms with E-state index >= 15 is 0 Å². The molecule has 0 unspecified atom stereocenters. The molecule has 1 saturated heterocycles. The topological polar surface area (TPSA) is 70.7 Å². The molecule has 0 spiro atoms. The number of carbonyl (C=O) groups is 2. The van der Waals surface area contributed by atoms with Gasteiger partial charge in [0.15, 0.2) is 0 Å². The number of amides is 2. The van der Waals surface area contributed by atoms with E-state index in [0.29, 0.717) is 18.5 Å². The van der Waals surface area contributed by atoms with E-state index < -0.39 is 0 Å². The van der Waals surface area contributed by atoms with Crippen LogP contribution >= 0.6 is 0 Å². The highest BCUT2D eigenvalue weighted by atomic mass is 16.5. The number of hydrogen-bond acceptors (Lipinski definition) is 4. The Balaban J connectivity index is 1.58. The standard InChI is InChI=1S/C24H31N3O3/c1-17(28)26-20-15-22(30-23(16-20)18-8-5-4-6-9-18)12-13-25-24(29)19-10-7-11-21(14-19)27(2)3/h4-11,14,20,22-23H,12-13,15-16H2,1-3H3,(H,25,29)(H,26,28)/t20-,22+,23+/m0/s1. The van der Waals surface area contributed by atoms with E-state index in [1.807, 2.05) is 61.5 Å². The van der Waals surface area contributed by atoms with Crippen molar-refractivity contribution in [2.24, 2.45) is 0 Å². The van der Waals surface area contributed by atoms with Gasteiger partial charge in [0, 0.05) is 44.9 Å². The summed E-state index contributed by atoms with van der Waals surface area (Å²) in [7, 11) is 3.90. The molecule has 1 heterocycles. The number of nitrogens with one attached hydrogen (secondary N) is 2. The summed E-state index contributed by atoms with van der Waals surface area (Å²) in [5.41, 5.74) is 2.74. The normalized spacial score (nSPS) is 21.0. The van der Waals surface area contributed by atoms with Gasteiger partial charge in [0.2, 0.25) is 5.91 Å². The van der Waals surface area contributed by atoms with Gasteiger partial charge in [-0.25, -0.2) is 0 Å². The lowest BCUT2D eigenvalue weighted by atomic mass is 9.93. The van der Waals surface area contributed by atoms with Crippen LogP contribution in [0.5, 0.6) is 0 Å². The summed E-state index contributed by atoms with van der Waals surface area (Å²) in [4.78, 5) is 26.1. The van der Waals surface area contributed by atoms with E-state index in [4.69, 9.17) is 4.74 Å². The van der Waals surface area contributed by atoms with Crippen LogP contribution < -0.4 is 15.5 Å². The average molecular weight is 410 g/mol. The van der Waals surface area contributed by atoms with E-state index in [-0.39, 0.29) is 30.1 Å². The number of carbonyl (C=O) groups excluding carboxylic acids is 2. The van der Waals surface area contributed by atoms with Crippen molar-refractivity contribution in [1.29, 1.82) is 0 Å². The number of nitrogens with zero attached hydrogens (tertiary/aromatic N) is 1. The third kappa shape index (κ3) is 6.07. The minimum atomic E-state index is -0.0903. The first-order valence-corrected chi connectivity index (χ1v) is 10.5. The van der Waals surface area contributed by atoms with E-state index in [9.17, 15) is 9.59 Å². The molecule has 1 aliphatic heterocycles. The zero-order valence-electron chi connectivity index (χ0n) is 17.9. The minimum Gasteiger partial charge on any atom is -0.378 e. The largest absolute Gasteiger partial charge is 0.378 e. The van der Waals surface area contributed by atoms with Gasteiger partial charge in [-0.05, 0) is 43.0 Å². The second kappa shape index (κ2) is 10.3. The van der Waals surface area contributed by atoms with Crippen LogP contribution in [0.3, 0.4) is 0 Å². The van der Waals surface area contributed by atoms with Crippen LogP contribution in [-0.2, 0) is 9.53 Å². The highest BCUT2D eigenvalue weighted by molar-refractivity contribution is 5.95. The zero-order valence-corrected chi connectivity index (χ0v) is 17.9. The average Bonchev–Trinajstić information content (AvgIpc) is 2.73. The summed E-state index contributed by atoms with van der Waals surface area (Å²) < 4.78 is 6.31. The Bertz CT molecular complexity index is 854. The fraction of sp³-hybridized carbons (Fsp3) is 0.417. The summed E-state index contributed by atoms with van der Waals surface area (Å²) in [6, 6.07) is 17.7. The number of rotatable bonds is 7. The predicted molar refractivity (Wildman–Crippen MR) is 119 cm³/mol. The number of benzene rings is 2. The van der Waals surface area contributed by atoms with Gasteiger partial charge in [0.05, 0.1) is 12.2 Å². The molecule has 2 amide bonds. The highest BCUT2D eigenvalue weighted by Gasteiger charge is 2.30. The van der Waals surface area contributed by atoms with Crippen molar-refractivity contribution in [2.45, 2.75) is 44.4 Å². The van der Waals surface area contributed by atoms with Crippen LogP contribution in [0.2, 0.25) is 0 Å². The summed E-state index contributed by atoms with van der Waals surface area (Å²) in [5, 5.41) is 6.04. The van der Waals surface area contributed by atoms with Crippen LogP contribution in [-0.4, -0.2) is 44.6 Å². The SMILES string of the molecule is CC(=O)N[C@H]1C[C@@H](CCNC(=O)c2cccc(N(C)C)c2)O[C@@H](c2ccccc2)C1. The van der Waals surface area contributed by atoms with Gasteiger partial charge >= 0.3 is 0 Å². The van der Waals surface area contributed by atoms with Crippen molar-refractivity contribution in [3.8, 4) is 0 Å². The number of anilines is 1. The maximum atomic E-state index is 12.5. The monoisotopic (exact) mass is 409 g/mol. The number of hydrogen-bond donors (Lipinski definition) is 2. The molecule has 0 aliphatic carbocycles. The maximum absolute atomic E-state index is 12.5. The minimum absolute atomic E-state index is 0.0264. The molecule has 0 bridgehead atoms. The van der Waals surface area contributed by atoms with Gasteiger partial charge in [-0.2, -0.15) is 0 Å². The smallest absolute Gasteiger partial charge is 0.251 e. The highest BCUT2D eigenvalue weighted by Crippen LogP contribution is 2.32. The summed E-state index contributed by atoms with van der Waals surface area (Å²) >= 11 is 0. The number of ether oxygens (including phenoxy) is 1. The van der Waals surface area contributed by atoms with Crippen LogP contribution in [0.1, 0.15) is 48.2 Å². The van der Waals surface area contributed by atoms with Crippen LogP contribution in [0.25, 0.3) is 0 Å². The van der Waals surface area contributed by atoms with Crippen molar-refractivity contribution < 1.29 is 14.3 Å². The Labute approximate surface area is 178 Å². The van der Waals surface area contributed by atoms with Crippen LogP contribution in [0.15, 0.2) is 54.6 Å². The Morgan fingerprint density at radius 1 is 1.07 bits per heavy atom. The third-order valence-corrected chi connectivity index (χ3v) is 5.36. The van der Waals surface area contributed by atoms with Gasteiger partial charge in [-0.15, -0.1) is 0 Å². The first kappa shape index (κ1) is 21.8. The van der Waals surface area contributed by atoms with Crippen LogP contribution in [0, 0.1) is 0 Å². The second-order valence-electron chi connectivity index (χ2n) is 8.02. The molecule has 6 nitrogen and oxygen atoms in total. The van der Waals surface area contributed by atoms with Gasteiger partial charge in [-0.1, -0.05) is 36.4 Å². The van der Waals surface area contributed by atoms with Crippen molar-refractivity contribution in [1.82, 2.24) is 10.6 Å². The molecule has 1 aliphatic rings. The van der Waals surface area contributed by atoms with Gasteiger partial charge in [0.25, 0.3) is 5.91 Å². The van der Waals surface area contributed by atoms with Gasteiger partial charge in [0.1, 0.15) is 0 Å². The van der Waals surface area contributed by atoms with Gasteiger partial charge < -0.3 is 20.3 Å². The first-order chi connectivity index (χ1) is 14.4. The molecule has 0 saturated carbocycles. The Morgan fingerprint density at radius 3 is 2.53 bits per heavy atom. The van der Waals surface area contributed by atoms with Crippen molar-refractivity contribution >= 4 is 17.5 Å². The molecule has 2 N–H and O–H groups in total. The molecule has 0 aromatic heterocycles. The predicted octanol–water partition coefficient (Wildman–Crippen LogP) is 3.30. The lowest BCUT2D eigenvalue weighted by Crippen LogP contribution is -2.43. The van der Waals surface area contributed by atoms with Crippen molar-refractivity contribution in [3.05, 3.63) is 65.7 Å². The zero-order chi connectivity index (χ0) is 21.5. The molecule has 3 atom stereocenters. The third-order valence-electron chi connectivity index (χ3n) is 5.36. The second-order valence-corrected chi connectivity index (χ2v) is 8.02. The summed E-state index contributed by atoms with van der Waals surface area (Å²) in [6.45, 7) is 2.06. The molecule has 6 heteroatoms. The van der Waals surface area contributed by atoms with Crippen molar-refractivity contribution in [2.75, 3.05) is 25.5 Å². The van der Waals surface area contributed by atoms with Crippen LogP contribution in [0.4, 0.5) is 5.69 Å². The van der Waals surface area contributed by atoms with E-state index in [1.165, 1.54) is 0 Å². The lowest BCUT2D eigenvalue weighted by molar-refractivity contribution is -0.122. The Morgan fingerprint density at radius 2 is 1.83 bits per heavy atom. The van der Waals surface area contributed by atoms with Crippen molar-refractivity contribution in [3.63, 3.8) is 0 Å².